The number of aromatic nitrogens is 2. The number of carbonyl (C=O) groups is 1. The summed E-state index contributed by atoms with van der Waals surface area (Å²) in [5.41, 5.74) is 0.696. The summed E-state index contributed by atoms with van der Waals surface area (Å²) in [7, 11) is 0. The Hall–Kier alpha value is -2.90. The fourth-order valence-electron chi connectivity index (χ4n) is 3.34. The first-order valence-electron chi connectivity index (χ1n) is 10.0. The third-order valence-electron chi connectivity index (χ3n) is 5.00. The van der Waals surface area contributed by atoms with E-state index in [-0.39, 0.29) is 17.9 Å². The number of aryl methyl sites for hydroxylation is 1. The van der Waals surface area contributed by atoms with Gasteiger partial charge in [-0.3, -0.25) is 0 Å². The molecule has 7 nitrogen and oxygen atoms in total. The van der Waals surface area contributed by atoms with Gasteiger partial charge in [0.05, 0.1) is 0 Å². The molecule has 1 saturated heterocycles. The summed E-state index contributed by atoms with van der Waals surface area (Å²) in [6, 6.07) is 6.19. The second-order valence-electron chi connectivity index (χ2n) is 7.30. The van der Waals surface area contributed by atoms with Gasteiger partial charge in [-0.2, -0.15) is 0 Å². The van der Waals surface area contributed by atoms with Crippen LogP contribution in [0.3, 0.4) is 0 Å². The van der Waals surface area contributed by atoms with Crippen LogP contribution in [0.1, 0.15) is 32.3 Å². The van der Waals surface area contributed by atoms with E-state index in [1.54, 1.807) is 19.1 Å². The van der Waals surface area contributed by atoms with Crippen LogP contribution in [0, 0.1) is 12.7 Å². The molecule has 2 amide bonds. The lowest BCUT2D eigenvalue weighted by Crippen LogP contribution is -2.56. The number of unbranched alkanes of at least 4 members (excludes halogenated alkanes) is 1. The van der Waals surface area contributed by atoms with Crippen molar-refractivity contribution in [3.8, 4) is 11.6 Å². The van der Waals surface area contributed by atoms with Crippen molar-refractivity contribution < 1.29 is 13.9 Å². The quantitative estimate of drug-likeness (QED) is 0.747. The molecular formula is C21H28FN5O2. The van der Waals surface area contributed by atoms with Gasteiger partial charge in [-0.1, -0.05) is 13.3 Å². The molecule has 0 radical (unpaired) electrons. The fourth-order valence-corrected chi connectivity index (χ4v) is 3.34. The van der Waals surface area contributed by atoms with Crippen LogP contribution in [0.2, 0.25) is 0 Å². The predicted molar refractivity (Wildman–Crippen MR) is 110 cm³/mol. The number of benzene rings is 1. The maximum absolute atomic E-state index is 13.3. The number of nitrogens with one attached hydrogen (secondary N) is 1. The Balaban J connectivity index is 1.63. The van der Waals surface area contributed by atoms with Gasteiger partial charge in [-0.15, -0.1) is 0 Å². The van der Waals surface area contributed by atoms with E-state index in [2.05, 4.69) is 27.1 Å². The Kier molecular flexibility index (Phi) is 6.85. The van der Waals surface area contributed by atoms with Gasteiger partial charge in [0.15, 0.2) is 0 Å². The Morgan fingerprint density at radius 3 is 2.86 bits per heavy atom. The highest BCUT2D eigenvalue weighted by Gasteiger charge is 2.28. The van der Waals surface area contributed by atoms with Gasteiger partial charge in [0.25, 0.3) is 0 Å². The van der Waals surface area contributed by atoms with Crippen LogP contribution in [0.25, 0.3) is 0 Å². The van der Waals surface area contributed by atoms with Gasteiger partial charge in [0.2, 0.25) is 5.88 Å². The minimum Gasteiger partial charge on any atom is -0.439 e. The number of rotatable bonds is 6. The van der Waals surface area contributed by atoms with Crippen molar-refractivity contribution in [2.24, 2.45) is 0 Å². The highest BCUT2D eigenvalue weighted by Crippen LogP contribution is 2.26. The molecule has 2 aromatic rings. The SMILES string of the molecule is CCCCNC(=O)N1CCN(c2cc(Oc3ccc(F)cc3C)ncn2)CC1C. The highest BCUT2D eigenvalue weighted by molar-refractivity contribution is 5.75. The molecule has 0 spiro atoms. The lowest BCUT2D eigenvalue weighted by atomic mass is 10.2. The molecule has 1 aromatic heterocycles. The molecule has 8 heteroatoms. The number of hydrogen-bond donors (Lipinski definition) is 1. The molecular weight excluding hydrogens is 373 g/mol. The zero-order chi connectivity index (χ0) is 20.8. The Bertz CT molecular complexity index is 848. The van der Waals surface area contributed by atoms with E-state index in [4.69, 9.17) is 4.74 Å². The molecule has 1 aromatic carbocycles. The van der Waals surface area contributed by atoms with Crippen molar-refractivity contribution in [3.05, 3.63) is 42.0 Å². The summed E-state index contributed by atoms with van der Waals surface area (Å²) in [5.74, 6) is 1.39. The number of amides is 2. The molecule has 1 N–H and O–H groups in total. The van der Waals surface area contributed by atoms with E-state index in [1.165, 1.54) is 18.5 Å². The lowest BCUT2D eigenvalue weighted by molar-refractivity contribution is 0.171. The lowest BCUT2D eigenvalue weighted by Gasteiger charge is -2.40. The van der Waals surface area contributed by atoms with Crippen LogP contribution in [-0.2, 0) is 0 Å². The first kappa shape index (κ1) is 20.8. The van der Waals surface area contributed by atoms with Crippen LogP contribution >= 0.6 is 0 Å². The van der Waals surface area contributed by atoms with Crippen molar-refractivity contribution in [1.29, 1.82) is 0 Å². The number of halogens is 1. The number of carbonyl (C=O) groups excluding carboxylic acids is 1. The third-order valence-corrected chi connectivity index (χ3v) is 5.00. The van der Waals surface area contributed by atoms with Gasteiger partial charge in [-0.05, 0) is 44.0 Å². The van der Waals surface area contributed by atoms with Gasteiger partial charge in [-0.25, -0.2) is 19.2 Å². The molecule has 1 unspecified atom stereocenters. The van der Waals surface area contributed by atoms with E-state index in [9.17, 15) is 9.18 Å². The minimum atomic E-state index is -0.302. The van der Waals surface area contributed by atoms with E-state index >= 15 is 0 Å². The third kappa shape index (κ3) is 5.34. The van der Waals surface area contributed by atoms with Crippen molar-refractivity contribution in [2.45, 2.75) is 39.7 Å². The number of piperazine rings is 1. The molecule has 156 valence electrons. The molecule has 2 heterocycles. The van der Waals surface area contributed by atoms with Crippen LogP contribution in [-0.4, -0.2) is 53.1 Å². The molecule has 1 atom stereocenters. The second-order valence-corrected chi connectivity index (χ2v) is 7.30. The maximum atomic E-state index is 13.3. The summed E-state index contributed by atoms with van der Waals surface area (Å²) in [4.78, 5) is 24.9. The summed E-state index contributed by atoms with van der Waals surface area (Å²) in [6.45, 7) is 8.60. The smallest absolute Gasteiger partial charge is 0.317 e. The Labute approximate surface area is 170 Å². The van der Waals surface area contributed by atoms with Crippen LogP contribution < -0.4 is 15.0 Å². The van der Waals surface area contributed by atoms with Gasteiger partial charge < -0.3 is 19.9 Å². The average molecular weight is 401 g/mol. The molecule has 0 saturated carbocycles. The number of anilines is 1. The summed E-state index contributed by atoms with van der Waals surface area (Å²) in [5, 5.41) is 2.98. The largest absolute Gasteiger partial charge is 0.439 e. The van der Waals surface area contributed by atoms with Gasteiger partial charge in [0.1, 0.15) is 23.7 Å². The topological polar surface area (TPSA) is 70.6 Å². The zero-order valence-electron chi connectivity index (χ0n) is 17.2. The predicted octanol–water partition coefficient (Wildman–Crippen LogP) is 3.74. The minimum absolute atomic E-state index is 0.0101. The summed E-state index contributed by atoms with van der Waals surface area (Å²) < 4.78 is 19.1. The normalized spacial score (nSPS) is 16.6. The number of ether oxygens (including phenoxy) is 1. The standard InChI is InChI=1S/C21H28FN5O2/c1-4-5-8-23-21(28)27-10-9-26(13-16(27)3)19-12-20(25-14-24-19)29-18-7-6-17(22)11-15(18)2/h6-7,11-12,14,16H,4-5,8-10,13H2,1-3H3,(H,23,28). The van der Waals surface area contributed by atoms with E-state index in [0.717, 1.165) is 18.7 Å². The van der Waals surface area contributed by atoms with Crippen molar-refractivity contribution >= 4 is 11.8 Å². The van der Waals surface area contributed by atoms with E-state index < -0.39 is 0 Å². The summed E-state index contributed by atoms with van der Waals surface area (Å²) >= 11 is 0. The highest BCUT2D eigenvalue weighted by atomic mass is 19.1. The van der Waals surface area contributed by atoms with Gasteiger partial charge >= 0.3 is 6.03 Å². The molecule has 1 fully saturated rings. The first-order chi connectivity index (χ1) is 14.0. The van der Waals surface area contributed by atoms with E-state index in [0.29, 0.717) is 43.4 Å². The second kappa shape index (κ2) is 9.54. The van der Waals surface area contributed by atoms with Crippen LogP contribution in [0.4, 0.5) is 15.0 Å². The zero-order valence-corrected chi connectivity index (χ0v) is 17.2. The molecule has 1 aliphatic heterocycles. The Morgan fingerprint density at radius 1 is 1.31 bits per heavy atom. The van der Waals surface area contributed by atoms with Crippen LogP contribution in [0.15, 0.2) is 30.6 Å². The maximum Gasteiger partial charge on any atom is 0.317 e. The average Bonchev–Trinajstić information content (AvgIpc) is 2.70. The number of nitrogens with zero attached hydrogens (tertiary/aromatic N) is 4. The van der Waals surface area contributed by atoms with Crippen LogP contribution in [0.5, 0.6) is 11.6 Å². The molecule has 3 rings (SSSR count). The monoisotopic (exact) mass is 401 g/mol. The molecule has 1 aliphatic rings. The number of urea groups is 1. The van der Waals surface area contributed by atoms with Crippen molar-refractivity contribution in [3.63, 3.8) is 0 Å². The fraction of sp³-hybridized carbons (Fsp3) is 0.476. The number of hydrogen-bond acceptors (Lipinski definition) is 5. The summed E-state index contributed by atoms with van der Waals surface area (Å²) in [6.07, 6.45) is 3.49. The van der Waals surface area contributed by atoms with Gasteiger partial charge in [0, 0.05) is 38.3 Å². The first-order valence-corrected chi connectivity index (χ1v) is 10.0. The molecule has 29 heavy (non-hydrogen) atoms. The molecule has 0 bridgehead atoms. The van der Waals surface area contributed by atoms with Crippen molar-refractivity contribution in [1.82, 2.24) is 20.2 Å². The van der Waals surface area contributed by atoms with E-state index in [1.807, 2.05) is 11.8 Å². The molecule has 0 aliphatic carbocycles. The van der Waals surface area contributed by atoms with Crippen molar-refractivity contribution in [2.75, 3.05) is 31.1 Å². The Morgan fingerprint density at radius 2 is 2.14 bits per heavy atom.